The van der Waals surface area contributed by atoms with Crippen molar-refractivity contribution in [3.05, 3.63) is 90.3 Å². The molecule has 1 aliphatic heterocycles. The summed E-state index contributed by atoms with van der Waals surface area (Å²) in [4.78, 5) is 252. The van der Waals surface area contributed by atoms with Gasteiger partial charge in [-0.2, -0.15) is 0 Å². The molecule has 3 aromatic heterocycles. The maximum Gasteiger partial charge on any atom is 0.305 e. The topological polar surface area (TPSA) is 705 Å². The summed E-state index contributed by atoms with van der Waals surface area (Å²) >= 11 is 0. The highest BCUT2D eigenvalue weighted by atomic mass is 33.1. The first-order chi connectivity index (χ1) is 66.0. The number of nitrogens with zero attached hydrogens (tertiary/aromatic N) is 1. The minimum atomic E-state index is -1.91. The van der Waals surface area contributed by atoms with E-state index in [0.29, 0.717) is 98.9 Å². The normalized spacial score (nSPS) is 20.5. The number of carboxylic acid groups (broad SMARTS) is 2. The van der Waals surface area contributed by atoms with Crippen molar-refractivity contribution in [1.29, 1.82) is 0 Å². The Morgan fingerprint density at radius 3 is 1.49 bits per heavy atom. The Kier molecular flexibility index (Phi) is 52.2. The molecule has 3 unspecified atom stereocenters. The molecule has 0 saturated carbocycles. The third-order valence-electron chi connectivity index (χ3n) is 20.8. The van der Waals surface area contributed by atoms with Gasteiger partial charge in [0.05, 0.1) is 137 Å². The first-order valence-corrected chi connectivity index (χ1v) is 47.7. The third kappa shape index (κ3) is 43.0. The number of carbonyl (C=O) groups is 17. The summed E-state index contributed by atoms with van der Waals surface area (Å²) in [5, 5.41) is 67.3. The molecule has 2 aromatic carbocycles. The molecule has 0 spiro atoms. The number of rotatable bonds is 50. The van der Waals surface area contributed by atoms with Crippen molar-refractivity contribution >= 4 is 144 Å². The molecule has 13 atom stereocenters. The number of ether oxygens (including phenoxy) is 8. The van der Waals surface area contributed by atoms with Crippen molar-refractivity contribution in [3.8, 4) is 0 Å². The summed E-state index contributed by atoms with van der Waals surface area (Å²) in [7, 11) is 1.49. The number of hydrogen-bond donors (Lipinski definition) is 22. The number of primary amides is 1. The number of aliphatic carboxylic acids is 2. The molecular weight excluding hydrogens is 1850 g/mol. The molecule has 15 amide bonds. The minimum absolute atomic E-state index is 0.00508. The van der Waals surface area contributed by atoms with Crippen LogP contribution in [0.5, 0.6) is 0 Å². The lowest BCUT2D eigenvalue weighted by molar-refractivity contribution is -0.141. The summed E-state index contributed by atoms with van der Waals surface area (Å²) in [6.45, 7) is 13.6. The van der Waals surface area contributed by atoms with E-state index in [0.717, 1.165) is 28.5 Å². The molecule has 6 rings (SSSR count). The van der Waals surface area contributed by atoms with Crippen LogP contribution in [0.1, 0.15) is 104 Å². The minimum Gasteiger partial charge on any atom is -0.481 e. The molecule has 1 saturated heterocycles. The van der Waals surface area contributed by atoms with Gasteiger partial charge in [-0.3, -0.25) is 81.5 Å². The molecule has 0 aliphatic carbocycles. The zero-order valence-electron chi connectivity index (χ0n) is 78.3. The van der Waals surface area contributed by atoms with E-state index in [-0.39, 0.29) is 102 Å². The van der Waals surface area contributed by atoms with E-state index in [2.05, 4.69) is 94.4 Å². The maximum atomic E-state index is 15.3. The summed E-state index contributed by atoms with van der Waals surface area (Å²) in [6.07, 6.45) is 0.0169. The number of H-pyrrole nitrogens is 3. The van der Waals surface area contributed by atoms with E-state index in [1.165, 1.54) is 26.4 Å². The molecule has 0 radical (unpaired) electrons. The van der Waals surface area contributed by atoms with Gasteiger partial charge >= 0.3 is 11.9 Å². The Balaban J connectivity index is 1.27. The van der Waals surface area contributed by atoms with Gasteiger partial charge in [-0.1, -0.05) is 85.7 Å². The van der Waals surface area contributed by atoms with Crippen molar-refractivity contribution in [1.82, 2.24) is 94.4 Å². The standard InChI is InChI=1S/C88H132N20O28S2/c1-50(2)38-64-85(125)107-75(51(3)4)88(128)104-66(40-56-44-94-61-15-11-9-13-59(56)61)82(122)106-70(87(127)108-76(53(6)109)77(90)117)48-138-137-47-69(105-84(124)68(42-74(115)116)99-71(111)19-22-129-24-26-131-28-30-133-32-34-135-36-37-136-35-33-134-31-29-132-27-25-130-23-21-92-54(7)110)86(126)97-52(5)78(118)101-65(39-55-43-93-60-14-10-8-12-58(55)60)81(121)103-67(41-57-45-91-49-96-57)83(123)100-63(18-20-89)79(119)95-46-72(112)98-62(80(120)102-64)16-17-73(113)114/h8-15,43-45,49-53,62-70,75-76,93-94,109H,16-42,46-48,89H2,1-7H3,(H2,90,117)(H,91,96)(H,92,110)(H,95,119)(H,97,126)(H,98,112)(H,99,111)(H,100,123)(H,101,118)(H,102,120)(H,103,121)(H,104,128)(H,105,124)(H,106,122)(H,107,125)(H,108,127)(H,113,114)(H,115,116)/t52-,53?,62+,63+,64-,65+,66+,67+,68+,69-,70-,75?,76?/m1/s1. The number of nitrogens with two attached hydrogens (primary N) is 2. The SMILES string of the molecule is CC(=O)NCCOCCOCCOCCOCCOCCOCCOCCOCCC(=O)N[C@@H](CC(=O)O)C(=O)N[C@@H]1CSSC[C@H](C(=O)NC(C(N)=O)C(C)O)NC(=O)[C@H](Cc2c[nH]c3ccccc23)NC(=O)C(C(C)C)NC(=O)[C@@H](CC(C)C)NC(=O)[C@H](CCC(=O)O)NC(=O)CNC(=O)[C@H](CCN)NC(=O)[C@H](Cc2c[nH]cn2)NC(=O)[C@H](Cc2c[nH]c3ccccc23)NC(=O)[C@@H](C)NC1=O. The lowest BCUT2D eigenvalue weighted by Gasteiger charge is -2.29. The van der Waals surface area contributed by atoms with Crippen LogP contribution in [0.4, 0.5) is 0 Å². The monoisotopic (exact) mass is 1980 g/mol. The number of para-hydroxylation sites is 2. The van der Waals surface area contributed by atoms with Crippen LogP contribution in [0.3, 0.4) is 0 Å². The fraction of sp³-hybridized carbons (Fsp3) is 0.591. The van der Waals surface area contributed by atoms with Crippen LogP contribution in [0.2, 0.25) is 0 Å². The van der Waals surface area contributed by atoms with Gasteiger partial charge in [-0.25, -0.2) is 4.98 Å². The fourth-order valence-corrected chi connectivity index (χ4v) is 15.9. The van der Waals surface area contributed by atoms with Crippen LogP contribution in [0.25, 0.3) is 21.8 Å². The van der Waals surface area contributed by atoms with Crippen molar-refractivity contribution in [2.45, 2.75) is 185 Å². The van der Waals surface area contributed by atoms with Crippen molar-refractivity contribution < 1.29 is 135 Å². The molecule has 48 nitrogen and oxygen atoms in total. The van der Waals surface area contributed by atoms with E-state index in [4.69, 9.17) is 49.4 Å². The number of carboxylic acids is 2. The second-order valence-electron chi connectivity index (χ2n) is 32.8. The summed E-state index contributed by atoms with van der Waals surface area (Å²) in [6, 6.07) is -6.44. The fourth-order valence-electron chi connectivity index (χ4n) is 13.6. The predicted octanol–water partition coefficient (Wildman–Crippen LogP) is -4.34. The van der Waals surface area contributed by atoms with Gasteiger partial charge in [0, 0.05) is 97.5 Å². The van der Waals surface area contributed by atoms with E-state index >= 15 is 19.2 Å². The second-order valence-corrected chi connectivity index (χ2v) is 35.4. The van der Waals surface area contributed by atoms with Gasteiger partial charge in [-0.05, 0) is 74.8 Å². The molecule has 5 aromatic rings. The quantitative estimate of drug-likeness (QED) is 0.0129. The number of hydrogen-bond acceptors (Lipinski definition) is 30. The largest absolute Gasteiger partial charge is 0.481 e. The number of amides is 15. The average Bonchev–Trinajstić information content (AvgIpc) is 1.76. The number of aromatic amines is 3. The second kappa shape index (κ2) is 62.8. The molecule has 0 bridgehead atoms. The van der Waals surface area contributed by atoms with Crippen LogP contribution < -0.4 is 85.9 Å². The van der Waals surface area contributed by atoms with Crippen LogP contribution in [-0.2, 0) is 139 Å². The van der Waals surface area contributed by atoms with Gasteiger partial charge in [0.15, 0.2) is 0 Å². The predicted molar refractivity (Wildman–Crippen MR) is 501 cm³/mol. The van der Waals surface area contributed by atoms with Gasteiger partial charge < -0.3 is 154 Å². The number of nitrogens with one attached hydrogen (secondary N) is 17. The molecule has 50 heteroatoms. The average molecular weight is 1980 g/mol. The van der Waals surface area contributed by atoms with Gasteiger partial charge in [0.25, 0.3) is 0 Å². The maximum absolute atomic E-state index is 15.3. The lowest BCUT2D eigenvalue weighted by Crippen LogP contribution is -2.61. The number of benzene rings is 2. The van der Waals surface area contributed by atoms with E-state index in [1.807, 2.05) is 0 Å². The number of aromatic nitrogens is 4. The Morgan fingerprint density at radius 1 is 0.514 bits per heavy atom. The Morgan fingerprint density at radius 2 is 0.993 bits per heavy atom. The van der Waals surface area contributed by atoms with E-state index < -0.39 is 223 Å². The highest BCUT2D eigenvalue weighted by molar-refractivity contribution is 8.76. The molecule has 138 heavy (non-hydrogen) atoms. The van der Waals surface area contributed by atoms with Crippen LogP contribution in [0, 0.1) is 11.8 Å². The first-order valence-electron chi connectivity index (χ1n) is 45.2. The zero-order chi connectivity index (χ0) is 101. The molecule has 24 N–H and O–H groups in total. The van der Waals surface area contributed by atoms with Crippen LogP contribution >= 0.6 is 21.6 Å². The molecule has 1 fully saturated rings. The Labute approximate surface area is 804 Å². The summed E-state index contributed by atoms with van der Waals surface area (Å²) in [5.41, 5.74) is 13.9. The Hall–Kier alpha value is -12.0. The molecule has 1 aliphatic rings. The lowest BCUT2D eigenvalue weighted by atomic mass is 9.98. The van der Waals surface area contributed by atoms with Gasteiger partial charge in [0.1, 0.15) is 72.5 Å². The first kappa shape index (κ1) is 115. The van der Waals surface area contributed by atoms with Crippen molar-refractivity contribution in [2.75, 3.05) is 137 Å². The molecule has 4 heterocycles. The van der Waals surface area contributed by atoms with E-state index in [1.54, 1.807) is 88.6 Å². The number of carbonyl (C=O) groups excluding carboxylic acids is 15. The molecule has 764 valence electrons. The highest BCUT2D eigenvalue weighted by Crippen LogP contribution is 2.26. The van der Waals surface area contributed by atoms with Crippen LogP contribution in [-0.4, -0.2) is 351 Å². The summed E-state index contributed by atoms with van der Waals surface area (Å²) < 4.78 is 44.0. The number of imidazole rings is 1. The van der Waals surface area contributed by atoms with Gasteiger partial charge in [-0.15, -0.1) is 0 Å². The van der Waals surface area contributed by atoms with E-state index in [9.17, 15) is 77.6 Å². The number of aliphatic hydroxyl groups is 1. The smallest absolute Gasteiger partial charge is 0.305 e. The Bertz CT molecular complexity index is 4760. The van der Waals surface area contributed by atoms with Crippen molar-refractivity contribution in [3.63, 3.8) is 0 Å². The van der Waals surface area contributed by atoms with Gasteiger partial charge in [0.2, 0.25) is 88.6 Å². The van der Waals surface area contributed by atoms with Crippen LogP contribution in [0.15, 0.2) is 73.4 Å². The highest BCUT2D eigenvalue weighted by Gasteiger charge is 2.39. The number of fused-ring (bicyclic) bond motifs is 2. The van der Waals surface area contributed by atoms with Crippen molar-refractivity contribution in [2.24, 2.45) is 23.3 Å². The third-order valence-corrected chi connectivity index (χ3v) is 23.3. The zero-order valence-corrected chi connectivity index (χ0v) is 79.9. The summed E-state index contributed by atoms with van der Waals surface area (Å²) in [5.74, 6) is -20.3. The number of aliphatic hydroxyl groups excluding tert-OH is 1. The molecular formula is C88H132N20O28S2.